The molecule has 0 radical (unpaired) electrons. The van der Waals surface area contributed by atoms with Gasteiger partial charge in [-0.2, -0.15) is 0 Å². The molecule has 2 heterocycles. The van der Waals surface area contributed by atoms with E-state index < -0.39 is 0 Å². The largest absolute Gasteiger partial charge is 0.369 e. The maximum absolute atomic E-state index is 4.49. The van der Waals surface area contributed by atoms with Crippen LogP contribution in [0.5, 0.6) is 0 Å². The van der Waals surface area contributed by atoms with E-state index in [0.717, 1.165) is 29.0 Å². The number of hydrogen-bond donors (Lipinski definition) is 1. The predicted octanol–water partition coefficient (Wildman–Crippen LogP) is 5.94. The van der Waals surface area contributed by atoms with Gasteiger partial charge in [0, 0.05) is 17.5 Å². The Hall–Kier alpha value is -1.94. The van der Waals surface area contributed by atoms with Crippen LogP contribution in [0.25, 0.3) is 21.3 Å². The lowest BCUT2D eigenvalue weighted by molar-refractivity contribution is 0.607. The molecule has 0 aliphatic carbocycles. The molecule has 0 amide bonds. The number of nitrogens with zero attached hydrogens (tertiary/aromatic N) is 2. The van der Waals surface area contributed by atoms with E-state index in [9.17, 15) is 0 Å². The SMILES string of the molecule is CC(C)CCNc1ncnc2scc(-c3ccc(C(C)C)cc3)c12. The molecule has 4 heteroatoms. The van der Waals surface area contributed by atoms with Gasteiger partial charge in [0.2, 0.25) is 0 Å². The lowest BCUT2D eigenvalue weighted by atomic mass is 9.99. The van der Waals surface area contributed by atoms with Gasteiger partial charge in [-0.3, -0.25) is 0 Å². The topological polar surface area (TPSA) is 37.8 Å². The molecule has 0 spiro atoms. The van der Waals surface area contributed by atoms with Crippen molar-refractivity contribution < 1.29 is 0 Å². The van der Waals surface area contributed by atoms with E-state index in [4.69, 9.17) is 0 Å². The maximum atomic E-state index is 4.49. The van der Waals surface area contributed by atoms with E-state index in [1.54, 1.807) is 17.7 Å². The first kappa shape index (κ1) is 16.9. The van der Waals surface area contributed by atoms with Crippen molar-refractivity contribution in [2.45, 2.75) is 40.0 Å². The summed E-state index contributed by atoms with van der Waals surface area (Å²) >= 11 is 1.68. The second kappa shape index (κ2) is 7.31. The minimum Gasteiger partial charge on any atom is -0.369 e. The molecule has 0 aliphatic heterocycles. The van der Waals surface area contributed by atoms with Gasteiger partial charge < -0.3 is 5.32 Å². The van der Waals surface area contributed by atoms with Crippen LogP contribution in [0.4, 0.5) is 5.82 Å². The van der Waals surface area contributed by atoms with E-state index in [1.165, 1.54) is 16.7 Å². The normalized spacial score (nSPS) is 11.6. The zero-order chi connectivity index (χ0) is 17.1. The fraction of sp³-hybridized carbons (Fsp3) is 0.400. The Morgan fingerprint density at radius 2 is 1.79 bits per heavy atom. The highest BCUT2D eigenvalue weighted by Crippen LogP contribution is 2.36. The number of aromatic nitrogens is 2. The van der Waals surface area contributed by atoms with E-state index in [1.807, 2.05) is 0 Å². The van der Waals surface area contributed by atoms with Crippen LogP contribution in [0.3, 0.4) is 0 Å². The van der Waals surface area contributed by atoms with Crippen molar-refractivity contribution in [3.05, 3.63) is 41.5 Å². The lowest BCUT2D eigenvalue weighted by Crippen LogP contribution is -2.06. The maximum Gasteiger partial charge on any atom is 0.138 e. The molecule has 126 valence electrons. The van der Waals surface area contributed by atoms with Gasteiger partial charge in [-0.1, -0.05) is 52.0 Å². The lowest BCUT2D eigenvalue weighted by Gasteiger charge is -2.10. The van der Waals surface area contributed by atoms with Crippen molar-refractivity contribution in [1.82, 2.24) is 9.97 Å². The molecule has 24 heavy (non-hydrogen) atoms. The summed E-state index contributed by atoms with van der Waals surface area (Å²) in [5, 5.41) is 6.83. The fourth-order valence-electron chi connectivity index (χ4n) is 2.75. The number of thiophene rings is 1. The molecule has 1 aromatic carbocycles. The zero-order valence-corrected chi connectivity index (χ0v) is 15.7. The average molecular weight is 340 g/mol. The third-order valence-corrected chi connectivity index (χ3v) is 5.16. The predicted molar refractivity (Wildman–Crippen MR) is 105 cm³/mol. The van der Waals surface area contributed by atoms with Crippen LogP contribution in [0.2, 0.25) is 0 Å². The van der Waals surface area contributed by atoms with Crippen LogP contribution >= 0.6 is 11.3 Å². The van der Waals surface area contributed by atoms with Gasteiger partial charge >= 0.3 is 0 Å². The van der Waals surface area contributed by atoms with Crippen molar-refractivity contribution >= 4 is 27.4 Å². The molecular formula is C20H25N3S. The molecule has 2 aromatic heterocycles. The second-order valence-electron chi connectivity index (χ2n) is 6.94. The Balaban J connectivity index is 1.96. The van der Waals surface area contributed by atoms with E-state index in [2.05, 4.69) is 72.6 Å². The summed E-state index contributed by atoms with van der Waals surface area (Å²) in [5.74, 6) is 2.18. The molecule has 0 saturated heterocycles. The molecule has 0 bridgehead atoms. The first-order valence-corrected chi connectivity index (χ1v) is 9.50. The van der Waals surface area contributed by atoms with E-state index >= 15 is 0 Å². The Morgan fingerprint density at radius 1 is 1.04 bits per heavy atom. The van der Waals surface area contributed by atoms with Crippen molar-refractivity contribution in [1.29, 1.82) is 0 Å². The molecule has 0 fully saturated rings. The molecule has 0 atom stereocenters. The Bertz CT molecular complexity index is 803. The van der Waals surface area contributed by atoms with Crippen LogP contribution in [0.1, 0.15) is 45.6 Å². The third kappa shape index (κ3) is 3.59. The molecule has 0 aliphatic rings. The highest BCUT2D eigenvalue weighted by Gasteiger charge is 2.13. The number of nitrogens with one attached hydrogen (secondary N) is 1. The number of hydrogen-bond acceptors (Lipinski definition) is 4. The highest BCUT2D eigenvalue weighted by molar-refractivity contribution is 7.17. The summed E-state index contributed by atoms with van der Waals surface area (Å²) in [7, 11) is 0. The Morgan fingerprint density at radius 3 is 2.46 bits per heavy atom. The van der Waals surface area contributed by atoms with Crippen LogP contribution in [0.15, 0.2) is 36.0 Å². The minimum atomic E-state index is 0.551. The number of anilines is 1. The van der Waals surface area contributed by atoms with Crippen LogP contribution < -0.4 is 5.32 Å². The third-order valence-electron chi connectivity index (χ3n) is 4.27. The first-order chi connectivity index (χ1) is 11.6. The molecule has 0 unspecified atom stereocenters. The average Bonchev–Trinajstić information content (AvgIpc) is 2.99. The molecule has 3 aromatic rings. The quantitative estimate of drug-likeness (QED) is 0.604. The summed E-state index contributed by atoms with van der Waals surface area (Å²) in [6.07, 6.45) is 2.79. The monoisotopic (exact) mass is 339 g/mol. The Kier molecular flexibility index (Phi) is 5.14. The first-order valence-electron chi connectivity index (χ1n) is 8.62. The smallest absolute Gasteiger partial charge is 0.138 e. The van der Waals surface area contributed by atoms with Gasteiger partial charge in [0.1, 0.15) is 17.0 Å². The van der Waals surface area contributed by atoms with Gasteiger partial charge in [0.15, 0.2) is 0 Å². The molecule has 3 nitrogen and oxygen atoms in total. The van der Waals surface area contributed by atoms with Gasteiger partial charge in [-0.15, -0.1) is 11.3 Å². The fourth-order valence-corrected chi connectivity index (χ4v) is 3.66. The van der Waals surface area contributed by atoms with Crippen molar-refractivity contribution in [3.63, 3.8) is 0 Å². The summed E-state index contributed by atoms with van der Waals surface area (Å²) in [6.45, 7) is 9.86. The van der Waals surface area contributed by atoms with Gasteiger partial charge in [0.25, 0.3) is 0 Å². The van der Waals surface area contributed by atoms with Crippen LogP contribution in [-0.4, -0.2) is 16.5 Å². The highest BCUT2D eigenvalue weighted by atomic mass is 32.1. The van der Waals surface area contributed by atoms with Crippen LogP contribution in [0, 0.1) is 5.92 Å². The number of benzene rings is 1. The van der Waals surface area contributed by atoms with E-state index in [-0.39, 0.29) is 0 Å². The van der Waals surface area contributed by atoms with Crippen molar-refractivity contribution in [3.8, 4) is 11.1 Å². The minimum absolute atomic E-state index is 0.551. The van der Waals surface area contributed by atoms with Gasteiger partial charge in [-0.05, 0) is 29.4 Å². The van der Waals surface area contributed by atoms with Crippen molar-refractivity contribution in [2.75, 3.05) is 11.9 Å². The molecule has 0 saturated carbocycles. The van der Waals surface area contributed by atoms with E-state index in [0.29, 0.717) is 11.8 Å². The van der Waals surface area contributed by atoms with Crippen molar-refractivity contribution in [2.24, 2.45) is 5.92 Å². The zero-order valence-electron chi connectivity index (χ0n) is 14.8. The number of fused-ring (bicyclic) bond motifs is 1. The molecule has 3 rings (SSSR count). The summed E-state index contributed by atoms with van der Waals surface area (Å²) in [6, 6.07) is 8.86. The standard InChI is InChI=1S/C20H25N3S/c1-13(2)9-10-21-19-18-17(11-24-20(18)23-12-22-19)16-7-5-15(6-8-16)14(3)4/h5-8,11-14H,9-10H2,1-4H3,(H,21,22,23). The summed E-state index contributed by atoms with van der Waals surface area (Å²) in [4.78, 5) is 9.98. The molecular weight excluding hydrogens is 314 g/mol. The summed E-state index contributed by atoms with van der Waals surface area (Å²) < 4.78 is 0. The number of rotatable bonds is 6. The van der Waals surface area contributed by atoms with Gasteiger partial charge in [-0.25, -0.2) is 9.97 Å². The van der Waals surface area contributed by atoms with Gasteiger partial charge in [0.05, 0.1) is 5.39 Å². The Labute approximate surface area is 148 Å². The summed E-state index contributed by atoms with van der Waals surface area (Å²) in [5.41, 5.74) is 3.81. The second-order valence-corrected chi connectivity index (χ2v) is 7.80. The van der Waals surface area contributed by atoms with Crippen LogP contribution in [-0.2, 0) is 0 Å². The molecule has 1 N–H and O–H groups in total.